The van der Waals surface area contributed by atoms with Gasteiger partial charge >= 0.3 is 5.97 Å². The number of imidazole rings is 1. The number of likely N-dealkylation sites (N-methyl/N-ethyl adjacent to an activating group) is 1. The van der Waals surface area contributed by atoms with Gasteiger partial charge in [0.25, 0.3) is 0 Å². The van der Waals surface area contributed by atoms with Gasteiger partial charge in [-0.3, -0.25) is 4.57 Å². The highest BCUT2D eigenvalue weighted by Crippen LogP contribution is 2.27. The average molecular weight is 401 g/mol. The molecule has 2 aromatic heterocycles. The van der Waals surface area contributed by atoms with Crippen LogP contribution in [0.2, 0.25) is 0 Å². The Bertz CT molecular complexity index is 1180. The molecule has 0 radical (unpaired) electrons. The molecule has 6 heteroatoms. The Kier molecular flexibility index (Phi) is 4.85. The number of likely N-dealkylation sites (tertiary alicyclic amines) is 1. The molecule has 1 unspecified atom stereocenters. The maximum atomic E-state index is 12.9. The van der Waals surface area contributed by atoms with Crippen molar-refractivity contribution in [2.45, 2.75) is 18.9 Å². The van der Waals surface area contributed by atoms with Crippen LogP contribution in [0.4, 0.5) is 0 Å². The Morgan fingerprint density at radius 1 is 1.20 bits per heavy atom. The van der Waals surface area contributed by atoms with E-state index in [2.05, 4.69) is 16.9 Å². The van der Waals surface area contributed by atoms with Crippen molar-refractivity contribution in [2.75, 3.05) is 20.2 Å². The number of fused-ring (bicyclic) bond motifs is 1. The molecule has 30 heavy (non-hydrogen) atoms. The predicted molar refractivity (Wildman–Crippen MR) is 115 cm³/mol. The van der Waals surface area contributed by atoms with Crippen LogP contribution >= 0.6 is 0 Å². The van der Waals surface area contributed by atoms with Crippen molar-refractivity contribution in [2.24, 2.45) is 0 Å². The molecule has 1 atom stereocenters. The largest absolute Gasteiger partial charge is 0.472 e. The number of furan rings is 1. The van der Waals surface area contributed by atoms with Crippen molar-refractivity contribution in [3.63, 3.8) is 0 Å². The van der Waals surface area contributed by atoms with E-state index in [0.29, 0.717) is 18.2 Å². The van der Waals surface area contributed by atoms with E-state index in [1.165, 1.54) is 0 Å². The minimum Gasteiger partial charge on any atom is -0.472 e. The van der Waals surface area contributed by atoms with Crippen LogP contribution in [0.15, 0.2) is 71.8 Å². The number of ether oxygens (including phenoxy) is 1. The standard InChI is InChI=1S/C24H23N3O3/c1-26-11-4-5-19(26)15-30-24(28)20-6-2-3-7-22(20)27-16-25-21-13-17(8-9-23(21)27)18-10-12-29-14-18/h2-3,6-10,12-14,16,19H,4-5,11,15H2,1H3. The van der Waals surface area contributed by atoms with E-state index in [4.69, 9.17) is 9.15 Å². The van der Waals surface area contributed by atoms with Gasteiger partial charge in [-0.1, -0.05) is 18.2 Å². The van der Waals surface area contributed by atoms with E-state index in [-0.39, 0.29) is 5.97 Å². The van der Waals surface area contributed by atoms with E-state index in [9.17, 15) is 4.79 Å². The Labute approximate surface area is 174 Å². The molecule has 6 nitrogen and oxygen atoms in total. The molecule has 3 heterocycles. The lowest BCUT2D eigenvalue weighted by Crippen LogP contribution is -2.30. The van der Waals surface area contributed by atoms with Crippen LogP contribution in [0.1, 0.15) is 23.2 Å². The molecular weight excluding hydrogens is 378 g/mol. The molecule has 4 aromatic rings. The molecule has 1 saturated heterocycles. The summed E-state index contributed by atoms with van der Waals surface area (Å²) in [5.74, 6) is -0.303. The highest BCUT2D eigenvalue weighted by molar-refractivity contribution is 5.94. The number of carbonyl (C=O) groups excluding carboxylic acids is 1. The molecule has 1 fully saturated rings. The lowest BCUT2D eigenvalue weighted by atomic mass is 10.1. The zero-order valence-corrected chi connectivity index (χ0v) is 16.8. The number of hydrogen-bond donors (Lipinski definition) is 0. The highest BCUT2D eigenvalue weighted by atomic mass is 16.5. The summed E-state index contributed by atoms with van der Waals surface area (Å²) in [5.41, 5.74) is 5.13. The van der Waals surface area contributed by atoms with Gasteiger partial charge in [0.05, 0.1) is 34.8 Å². The van der Waals surface area contributed by atoms with Crippen LogP contribution < -0.4 is 0 Å². The summed E-state index contributed by atoms with van der Waals surface area (Å²) in [4.78, 5) is 19.7. The van der Waals surface area contributed by atoms with Crippen molar-refractivity contribution in [1.82, 2.24) is 14.5 Å². The number of rotatable bonds is 5. The molecular formula is C24H23N3O3. The lowest BCUT2D eigenvalue weighted by Gasteiger charge is -2.19. The third kappa shape index (κ3) is 3.39. The maximum absolute atomic E-state index is 12.9. The predicted octanol–water partition coefficient (Wildman–Crippen LogP) is 4.54. The lowest BCUT2D eigenvalue weighted by molar-refractivity contribution is 0.0416. The molecule has 0 aliphatic carbocycles. The molecule has 152 valence electrons. The van der Waals surface area contributed by atoms with Crippen LogP contribution in [0.3, 0.4) is 0 Å². The Morgan fingerprint density at radius 3 is 2.90 bits per heavy atom. The summed E-state index contributed by atoms with van der Waals surface area (Å²) < 4.78 is 12.8. The number of para-hydroxylation sites is 1. The summed E-state index contributed by atoms with van der Waals surface area (Å²) in [5, 5.41) is 0. The maximum Gasteiger partial charge on any atom is 0.340 e. The van der Waals surface area contributed by atoms with Crippen molar-refractivity contribution < 1.29 is 13.9 Å². The highest BCUT2D eigenvalue weighted by Gasteiger charge is 2.23. The smallest absolute Gasteiger partial charge is 0.340 e. The van der Waals surface area contributed by atoms with Crippen molar-refractivity contribution in [3.05, 3.63) is 72.9 Å². The normalized spacial score (nSPS) is 16.9. The van der Waals surface area contributed by atoms with Gasteiger partial charge in [-0.15, -0.1) is 0 Å². The van der Waals surface area contributed by atoms with E-state index in [0.717, 1.165) is 47.2 Å². The van der Waals surface area contributed by atoms with Gasteiger partial charge in [-0.2, -0.15) is 0 Å². The van der Waals surface area contributed by atoms with Gasteiger partial charge in [-0.25, -0.2) is 9.78 Å². The summed E-state index contributed by atoms with van der Waals surface area (Å²) >= 11 is 0. The van der Waals surface area contributed by atoms with Gasteiger partial charge in [0.2, 0.25) is 0 Å². The number of aromatic nitrogens is 2. The first-order chi connectivity index (χ1) is 14.7. The van der Waals surface area contributed by atoms with Crippen LogP contribution in [0.25, 0.3) is 27.8 Å². The molecule has 0 N–H and O–H groups in total. The number of nitrogens with zero attached hydrogens (tertiary/aromatic N) is 3. The fourth-order valence-corrected chi connectivity index (χ4v) is 4.11. The summed E-state index contributed by atoms with van der Waals surface area (Å²) in [6.07, 6.45) is 7.34. The second-order valence-electron chi connectivity index (χ2n) is 7.72. The number of esters is 1. The average Bonchev–Trinajstić information content (AvgIpc) is 3.52. The van der Waals surface area contributed by atoms with E-state index >= 15 is 0 Å². The topological polar surface area (TPSA) is 60.5 Å². The molecule has 2 aromatic carbocycles. The monoisotopic (exact) mass is 401 g/mol. The first kappa shape index (κ1) is 18.6. The molecule has 0 saturated carbocycles. The summed E-state index contributed by atoms with van der Waals surface area (Å²) in [6.45, 7) is 1.48. The minimum atomic E-state index is -0.303. The van der Waals surface area contributed by atoms with Gasteiger partial charge in [0, 0.05) is 11.6 Å². The van der Waals surface area contributed by atoms with Crippen molar-refractivity contribution in [3.8, 4) is 16.8 Å². The van der Waals surface area contributed by atoms with Gasteiger partial charge in [-0.05, 0) is 62.3 Å². The van der Waals surface area contributed by atoms with Crippen LogP contribution in [0.5, 0.6) is 0 Å². The number of hydrogen-bond acceptors (Lipinski definition) is 5. The van der Waals surface area contributed by atoms with Crippen LogP contribution in [0, 0.1) is 0 Å². The first-order valence-corrected chi connectivity index (χ1v) is 10.2. The van der Waals surface area contributed by atoms with Gasteiger partial charge in [0.15, 0.2) is 0 Å². The van der Waals surface area contributed by atoms with E-state index in [1.807, 2.05) is 53.1 Å². The molecule has 5 rings (SSSR count). The van der Waals surface area contributed by atoms with Crippen LogP contribution in [-0.2, 0) is 4.74 Å². The fraction of sp³-hybridized carbons (Fsp3) is 0.250. The third-order valence-electron chi connectivity index (χ3n) is 5.86. The van der Waals surface area contributed by atoms with E-state index in [1.54, 1.807) is 18.9 Å². The number of benzene rings is 2. The molecule has 0 amide bonds. The fourth-order valence-electron chi connectivity index (χ4n) is 4.11. The summed E-state index contributed by atoms with van der Waals surface area (Å²) in [7, 11) is 2.08. The van der Waals surface area contributed by atoms with Gasteiger partial charge in [0.1, 0.15) is 12.9 Å². The molecule has 0 spiro atoms. The van der Waals surface area contributed by atoms with Crippen molar-refractivity contribution >= 4 is 17.0 Å². The van der Waals surface area contributed by atoms with Crippen molar-refractivity contribution in [1.29, 1.82) is 0 Å². The second-order valence-corrected chi connectivity index (χ2v) is 7.72. The first-order valence-electron chi connectivity index (χ1n) is 10.2. The summed E-state index contributed by atoms with van der Waals surface area (Å²) in [6, 6.07) is 15.8. The molecule has 1 aliphatic rings. The quantitative estimate of drug-likeness (QED) is 0.460. The second kappa shape index (κ2) is 7.80. The minimum absolute atomic E-state index is 0.302. The zero-order valence-electron chi connectivity index (χ0n) is 16.8. The van der Waals surface area contributed by atoms with Crippen LogP contribution in [-0.4, -0.2) is 46.7 Å². The SMILES string of the molecule is CN1CCCC1COC(=O)c1ccccc1-n1cnc2cc(-c3ccoc3)ccc21. The zero-order chi connectivity index (χ0) is 20.5. The Hall–Kier alpha value is -3.38. The molecule has 1 aliphatic heterocycles. The number of carbonyl (C=O) groups is 1. The van der Waals surface area contributed by atoms with E-state index < -0.39 is 0 Å². The molecule has 0 bridgehead atoms. The third-order valence-corrected chi connectivity index (χ3v) is 5.86. The van der Waals surface area contributed by atoms with Gasteiger partial charge < -0.3 is 14.1 Å². The Morgan fingerprint density at radius 2 is 2.10 bits per heavy atom. The Balaban J connectivity index is 1.44.